The Morgan fingerprint density at radius 3 is 2.79 bits per heavy atom. The Hall–Kier alpha value is -1.62. The van der Waals surface area contributed by atoms with Crippen molar-refractivity contribution in [1.29, 1.82) is 0 Å². The monoisotopic (exact) mass is 263 g/mol. The second kappa shape index (κ2) is 6.02. The van der Waals surface area contributed by atoms with E-state index >= 15 is 0 Å². The summed E-state index contributed by atoms with van der Waals surface area (Å²) in [6.45, 7) is 0.824. The highest BCUT2D eigenvalue weighted by atomic mass is 16.3. The maximum absolute atomic E-state index is 11.7. The maximum atomic E-state index is 11.7. The van der Waals surface area contributed by atoms with Crippen molar-refractivity contribution in [1.82, 2.24) is 9.88 Å². The summed E-state index contributed by atoms with van der Waals surface area (Å²) < 4.78 is 0. The van der Waals surface area contributed by atoms with Crippen molar-refractivity contribution in [3.8, 4) is 0 Å². The number of aliphatic hydroxyl groups is 1. The van der Waals surface area contributed by atoms with Gasteiger partial charge in [0.1, 0.15) is 5.82 Å². The highest BCUT2D eigenvalue weighted by molar-refractivity contribution is 5.93. The number of anilines is 1. The Morgan fingerprint density at radius 1 is 1.47 bits per heavy atom. The smallest absolute Gasteiger partial charge is 0.254 e. The Bertz CT molecular complexity index is 431. The van der Waals surface area contributed by atoms with Crippen LogP contribution in [0.25, 0.3) is 0 Å². The molecule has 2 N–H and O–H groups in total. The van der Waals surface area contributed by atoms with Crippen LogP contribution in [-0.4, -0.2) is 47.6 Å². The molecule has 0 saturated heterocycles. The molecule has 5 nitrogen and oxygen atoms in total. The van der Waals surface area contributed by atoms with Gasteiger partial charge in [-0.15, -0.1) is 0 Å². The predicted octanol–water partition coefficient (Wildman–Crippen LogP) is 1.36. The van der Waals surface area contributed by atoms with E-state index in [0.717, 1.165) is 31.6 Å². The number of aromatic nitrogens is 1. The van der Waals surface area contributed by atoms with Gasteiger partial charge in [0.2, 0.25) is 0 Å². The van der Waals surface area contributed by atoms with Crippen molar-refractivity contribution < 1.29 is 9.90 Å². The van der Waals surface area contributed by atoms with Gasteiger partial charge in [0.25, 0.3) is 5.91 Å². The van der Waals surface area contributed by atoms with Crippen LogP contribution in [0.1, 0.15) is 29.6 Å². The summed E-state index contributed by atoms with van der Waals surface area (Å²) in [4.78, 5) is 17.5. The number of rotatable bonds is 4. The lowest BCUT2D eigenvalue weighted by Gasteiger charge is -2.12. The number of carbonyl (C=O) groups is 1. The molecule has 1 aromatic heterocycles. The van der Waals surface area contributed by atoms with Crippen molar-refractivity contribution in [2.75, 3.05) is 26.0 Å². The number of hydrogen-bond donors (Lipinski definition) is 2. The van der Waals surface area contributed by atoms with Gasteiger partial charge in [-0.05, 0) is 37.3 Å². The van der Waals surface area contributed by atoms with Crippen molar-refractivity contribution in [2.45, 2.75) is 25.4 Å². The molecule has 0 bridgehead atoms. The van der Waals surface area contributed by atoms with Gasteiger partial charge in [-0.3, -0.25) is 4.79 Å². The van der Waals surface area contributed by atoms with Gasteiger partial charge >= 0.3 is 0 Å². The number of nitrogens with zero attached hydrogens (tertiary/aromatic N) is 2. The fraction of sp³-hybridized carbons (Fsp3) is 0.571. The normalized spacial score (nSPS) is 22.3. The molecule has 19 heavy (non-hydrogen) atoms. The van der Waals surface area contributed by atoms with Crippen LogP contribution in [-0.2, 0) is 0 Å². The molecule has 2 rings (SSSR count). The number of hydrogen-bond acceptors (Lipinski definition) is 4. The molecule has 2 atom stereocenters. The molecule has 5 heteroatoms. The summed E-state index contributed by atoms with van der Waals surface area (Å²) >= 11 is 0. The van der Waals surface area contributed by atoms with E-state index in [-0.39, 0.29) is 12.0 Å². The van der Waals surface area contributed by atoms with E-state index in [1.54, 1.807) is 26.4 Å². The Balaban J connectivity index is 1.87. The predicted molar refractivity (Wildman–Crippen MR) is 74.1 cm³/mol. The van der Waals surface area contributed by atoms with E-state index < -0.39 is 0 Å². The van der Waals surface area contributed by atoms with E-state index in [4.69, 9.17) is 0 Å². The quantitative estimate of drug-likeness (QED) is 0.860. The second-order valence-electron chi connectivity index (χ2n) is 5.35. The summed E-state index contributed by atoms with van der Waals surface area (Å²) in [6.07, 6.45) is 4.28. The van der Waals surface area contributed by atoms with Gasteiger partial charge in [0.05, 0.1) is 11.7 Å². The molecule has 1 aromatic rings. The topological polar surface area (TPSA) is 65.5 Å². The van der Waals surface area contributed by atoms with E-state index in [2.05, 4.69) is 10.3 Å². The lowest BCUT2D eigenvalue weighted by atomic mass is 10.1. The summed E-state index contributed by atoms with van der Waals surface area (Å²) in [6, 6.07) is 3.60. The third kappa shape index (κ3) is 3.67. The average Bonchev–Trinajstić information content (AvgIpc) is 2.82. The first kappa shape index (κ1) is 13.8. The van der Waals surface area contributed by atoms with Gasteiger partial charge in [-0.2, -0.15) is 0 Å². The van der Waals surface area contributed by atoms with Crippen LogP contribution in [0.5, 0.6) is 0 Å². The molecule has 1 heterocycles. The lowest BCUT2D eigenvalue weighted by molar-refractivity contribution is 0.0827. The summed E-state index contributed by atoms with van der Waals surface area (Å²) in [5.41, 5.74) is 0.590. The molecule has 1 saturated carbocycles. The lowest BCUT2D eigenvalue weighted by Crippen LogP contribution is -2.22. The van der Waals surface area contributed by atoms with Crippen molar-refractivity contribution in [3.63, 3.8) is 0 Å². The Morgan fingerprint density at radius 2 is 2.26 bits per heavy atom. The van der Waals surface area contributed by atoms with E-state index in [9.17, 15) is 9.90 Å². The largest absolute Gasteiger partial charge is 0.393 e. The molecular formula is C14H21N3O2. The van der Waals surface area contributed by atoms with Crippen LogP contribution >= 0.6 is 0 Å². The number of aliphatic hydroxyl groups excluding tert-OH is 1. The van der Waals surface area contributed by atoms with E-state index in [1.165, 1.54) is 4.90 Å². The minimum atomic E-state index is -0.139. The minimum absolute atomic E-state index is 0.0436. The maximum Gasteiger partial charge on any atom is 0.254 e. The zero-order valence-corrected chi connectivity index (χ0v) is 11.5. The van der Waals surface area contributed by atoms with Crippen LogP contribution < -0.4 is 5.32 Å². The summed E-state index contributed by atoms with van der Waals surface area (Å²) in [5.74, 6) is 1.24. The molecular weight excluding hydrogens is 242 g/mol. The highest BCUT2D eigenvalue weighted by Crippen LogP contribution is 2.25. The van der Waals surface area contributed by atoms with Gasteiger partial charge in [-0.1, -0.05) is 0 Å². The number of amides is 1. The first-order chi connectivity index (χ1) is 9.06. The molecule has 1 fully saturated rings. The van der Waals surface area contributed by atoms with Crippen molar-refractivity contribution in [3.05, 3.63) is 23.9 Å². The molecule has 0 spiro atoms. The van der Waals surface area contributed by atoms with Gasteiger partial charge in [0, 0.05) is 26.8 Å². The molecule has 0 aromatic carbocycles. The van der Waals surface area contributed by atoms with Crippen LogP contribution in [0.2, 0.25) is 0 Å². The molecule has 1 aliphatic carbocycles. The van der Waals surface area contributed by atoms with Gasteiger partial charge < -0.3 is 15.3 Å². The molecule has 104 valence electrons. The standard InChI is InChI=1S/C14H21N3O2/c1-17(2)14(19)11-4-6-13(16-9-11)15-8-10-3-5-12(18)7-10/h4,6,9-10,12,18H,3,5,7-8H2,1-2H3,(H,15,16). The molecule has 0 aliphatic heterocycles. The first-order valence-electron chi connectivity index (χ1n) is 6.66. The van der Waals surface area contributed by atoms with Crippen LogP contribution in [0.15, 0.2) is 18.3 Å². The molecule has 1 aliphatic rings. The zero-order valence-electron chi connectivity index (χ0n) is 11.5. The molecule has 1 amide bonds. The third-order valence-electron chi connectivity index (χ3n) is 3.50. The van der Waals surface area contributed by atoms with Crippen LogP contribution in [0.4, 0.5) is 5.82 Å². The average molecular weight is 263 g/mol. The SMILES string of the molecule is CN(C)C(=O)c1ccc(NCC2CCC(O)C2)nc1. The van der Waals surface area contributed by atoms with E-state index in [1.807, 2.05) is 6.07 Å². The molecule has 0 radical (unpaired) electrons. The first-order valence-corrected chi connectivity index (χ1v) is 6.66. The number of carbonyl (C=O) groups excluding carboxylic acids is 1. The zero-order chi connectivity index (χ0) is 13.8. The molecule has 2 unspecified atom stereocenters. The van der Waals surface area contributed by atoms with Crippen molar-refractivity contribution >= 4 is 11.7 Å². The number of pyridine rings is 1. The third-order valence-corrected chi connectivity index (χ3v) is 3.50. The van der Waals surface area contributed by atoms with Crippen LogP contribution in [0.3, 0.4) is 0 Å². The fourth-order valence-electron chi connectivity index (χ4n) is 2.37. The van der Waals surface area contributed by atoms with Gasteiger partial charge in [-0.25, -0.2) is 4.98 Å². The number of nitrogens with one attached hydrogen (secondary N) is 1. The summed E-state index contributed by atoms with van der Waals surface area (Å²) in [7, 11) is 3.44. The van der Waals surface area contributed by atoms with E-state index in [0.29, 0.717) is 11.5 Å². The van der Waals surface area contributed by atoms with Crippen molar-refractivity contribution in [2.24, 2.45) is 5.92 Å². The van der Waals surface area contributed by atoms with Crippen LogP contribution in [0, 0.1) is 5.92 Å². The Kier molecular flexibility index (Phi) is 4.37. The fourth-order valence-corrected chi connectivity index (χ4v) is 2.37. The summed E-state index contributed by atoms with van der Waals surface area (Å²) in [5, 5.41) is 12.7. The second-order valence-corrected chi connectivity index (χ2v) is 5.35. The Labute approximate surface area is 113 Å². The minimum Gasteiger partial charge on any atom is -0.393 e. The highest BCUT2D eigenvalue weighted by Gasteiger charge is 2.22. The van der Waals surface area contributed by atoms with Gasteiger partial charge in [0.15, 0.2) is 0 Å².